The van der Waals surface area contributed by atoms with Crippen LogP contribution in [0.5, 0.6) is 0 Å². The molecule has 6 nitrogen and oxygen atoms in total. The Bertz CT molecular complexity index is 807. The van der Waals surface area contributed by atoms with E-state index in [9.17, 15) is 4.79 Å². The molecule has 1 amide bonds. The standard InChI is InChI=1S/C21H30N4O2/c1-15-7-8-20(24-9-5-6-10-24)18(13-15)21(26)22-14-19-16(2)23-25(17(19)3)11-12-27-4/h7-8,13H,5-6,9-12,14H2,1-4H3,(H,22,26). The number of hydrogen-bond donors (Lipinski definition) is 1. The van der Waals surface area contributed by atoms with E-state index in [-0.39, 0.29) is 5.91 Å². The summed E-state index contributed by atoms with van der Waals surface area (Å²) in [4.78, 5) is 15.3. The van der Waals surface area contributed by atoms with E-state index in [4.69, 9.17) is 4.74 Å². The van der Waals surface area contributed by atoms with Crippen LogP contribution >= 0.6 is 0 Å². The van der Waals surface area contributed by atoms with Crippen LogP contribution in [0.4, 0.5) is 5.69 Å². The van der Waals surface area contributed by atoms with Crippen LogP contribution in [0.15, 0.2) is 18.2 Å². The van der Waals surface area contributed by atoms with Crippen LogP contribution in [-0.2, 0) is 17.8 Å². The highest BCUT2D eigenvalue weighted by Gasteiger charge is 2.20. The summed E-state index contributed by atoms with van der Waals surface area (Å²) in [7, 11) is 1.69. The normalized spacial score (nSPS) is 14.0. The van der Waals surface area contributed by atoms with Gasteiger partial charge in [-0.3, -0.25) is 9.48 Å². The van der Waals surface area contributed by atoms with Crippen molar-refractivity contribution >= 4 is 11.6 Å². The van der Waals surface area contributed by atoms with Crippen LogP contribution in [0.1, 0.15) is 45.7 Å². The first-order valence-electron chi connectivity index (χ1n) is 9.67. The third kappa shape index (κ3) is 4.33. The molecule has 0 aliphatic carbocycles. The number of aromatic nitrogens is 2. The molecule has 2 heterocycles. The average Bonchev–Trinajstić information content (AvgIpc) is 3.27. The SMILES string of the molecule is COCCn1nc(C)c(CNC(=O)c2cc(C)ccc2N2CCCC2)c1C. The highest BCUT2D eigenvalue weighted by Crippen LogP contribution is 2.26. The topological polar surface area (TPSA) is 59.4 Å². The molecule has 0 bridgehead atoms. The average molecular weight is 370 g/mol. The van der Waals surface area contributed by atoms with Gasteiger partial charge in [0.1, 0.15) is 0 Å². The predicted molar refractivity (Wildman–Crippen MR) is 107 cm³/mol. The summed E-state index contributed by atoms with van der Waals surface area (Å²) in [5.74, 6) is -0.0240. The number of amides is 1. The van der Waals surface area contributed by atoms with Crippen LogP contribution in [0, 0.1) is 20.8 Å². The van der Waals surface area contributed by atoms with E-state index in [0.717, 1.165) is 46.9 Å². The lowest BCUT2D eigenvalue weighted by Gasteiger charge is -2.21. The summed E-state index contributed by atoms with van der Waals surface area (Å²) in [6.45, 7) is 9.92. The Morgan fingerprint density at radius 3 is 2.67 bits per heavy atom. The maximum absolute atomic E-state index is 13.0. The van der Waals surface area contributed by atoms with Gasteiger partial charge >= 0.3 is 0 Å². The second-order valence-electron chi connectivity index (χ2n) is 7.26. The second-order valence-corrected chi connectivity index (χ2v) is 7.26. The number of aryl methyl sites for hydroxylation is 2. The van der Waals surface area contributed by atoms with Crippen molar-refractivity contribution in [1.82, 2.24) is 15.1 Å². The minimum Gasteiger partial charge on any atom is -0.383 e. The van der Waals surface area contributed by atoms with E-state index < -0.39 is 0 Å². The van der Waals surface area contributed by atoms with Gasteiger partial charge in [-0.25, -0.2) is 0 Å². The molecule has 1 aromatic heterocycles. The maximum Gasteiger partial charge on any atom is 0.253 e. The summed E-state index contributed by atoms with van der Waals surface area (Å²) in [5, 5.41) is 7.68. The third-order valence-corrected chi connectivity index (χ3v) is 5.31. The second kappa shape index (κ2) is 8.57. The lowest BCUT2D eigenvalue weighted by atomic mass is 10.1. The quantitative estimate of drug-likeness (QED) is 0.814. The van der Waals surface area contributed by atoms with Gasteiger partial charge < -0.3 is 15.0 Å². The fraction of sp³-hybridized carbons (Fsp3) is 0.524. The lowest BCUT2D eigenvalue weighted by Crippen LogP contribution is -2.27. The molecule has 1 aliphatic heterocycles. The number of anilines is 1. The van der Waals surface area contributed by atoms with E-state index in [1.54, 1.807) is 7.11 Å². The third-order valence-electron chi connectivity index (χ3n) is 5.31. The molecule has 0 radical (unpaired) electrons. The zero-order valence-corrected chi connectivity index (χ0v) is 16.8. The van der Waals surface area contributed by atoms with Crippen molar-refractivity contribution in [1.29, 1.82) is 0 Å². The van der Waals surface area contributed by atoms with Crippen molar-refractivity contribution in [2.45, 2.75) is 46.7 Å². The van der Waals surface area contributed by atoms with Gasteiger partial charge in [-0.15, -0.1) is 0 Å². The lowest BCUT2D eigenvalue weighted by molar-refractivity contribution is 0.0951. The Morgan fingerprint density at radius 1 is 1.22 bits per heavy atom. The Hall–Kier alpha value is -2.34. The van der Waals surface area contributed by atoms with E-state index in [1.807, 2.05) is 31.5 Å². The number of ether oxygens (including phenoxy) is 1. The molecule has 0 atom stereocenters. The van der Waals surface area contributed by atoms with Crippen LogP contribution in [-0.4, -0.2) is 42.5 Å². The molecule has 1 N–H and O–H groups in total. The van der Waals surface area contributed by atoms with Gasteiger partial charge in [-0.05, 0) is 45.7 Å². The monoisotopic (exact) mass is 370 g/mol. The van der Waals surface area contributed by atoms with Crippen molar-refractivity contribution < 1.29 is 9.53 Å². The van der Waals surface area contributed by atoms with E-state index in [2.05, 4.69) is 27.4 Å². The number of methoxy groups -OCH3 is 1. The van der Waals surface area contributed by atoms with Crippen molar-refractivity contribution in [3.05, 3.63) is 46.3 Å². The molecule has 6 heteroatoms. The van der Waals surface area contributed by atoms with Crippen molar-refractivity contribution in [2.24, 2.45) is 0 Å². The molecule has 2 aromatic rings. The number of hydrogen-bond acceptors (Lipinski definition) is 4. The van der Waals surface area contributed by atoms with Gasteiger partial charge in [0.2, 0.25) is 0 Å². The smallest absolute Gasteiger partial charge is 0.253 e. The number of benzene rings is 1. The molecular weight excluding hydrogens is 340 g/mol. The Kier molecular flexibility index (Phi) is 6.16. The van der Waals surface area contributed by atoms with Gasteiger partial charge in [-0.2, -0.15) is 5.10 Å². The minimum atomic E-state index is -0.0240. The molecule has 27 heavy (non-hydrogen) atoms. The molecule has 146 valence electrons. The van der Waals surface area contributed by atoms with E-state index in [1.165, 1.54) is 12.8 Å². The Balaban J connectivity index is 1.75. The molecule has 1 saturated heterocycles. The van der Waals surface area contributed by atoms with Gasteiger partial charge in [0.25, 0.3) is 5.91 Å². The van der Waals surface area contributed by atoms with Gasteiger partial charge in [0.15, 0.2) is 0 Å². The minimum absolute atomic E-state index is 0.0240. The van der Waals surface area contributed by atoms with Crippen LogP contribution in [0.25, 0.3) is 0 Å². The highest BCUT2D eigenvalue weighted by atomic mass is 16.5. The zero-order chi connectivity index (χ0) is 19.4. The van der Waals surface area contributed by atoms with E-state index in [0.29, 0.717) is 19.7 Å². The van der Waals surface area contributed by atoms with Gasteiger partial charge in [0, 0.05) is 43.7 Å². The predicted octanol–water partition coefficient (Wildman–Crippen LogP) is 2.98. The van der Waals surface area contributed by atoms with Crippen LogP contribution in [0.3, 0.4) is 0 Å². The molecular formula is C21H30N4O2. The summed E-state index contributed by atoms with van der Waals surface area (Å²) in [5.41, 5.74) is 6.01. The first kappa shape index (κ1) is 19.4. The number of rotatable bonds is 7. The first-order valence-corrected chi connectivity index (χ1v) is 9.67. The molecule has 1 aromatic carbocycles. The Morgan fingerprint density at radius 2 is 1.96 bits per heavy atom. The molecule has 0 unspecified atom stereocenters. The molecule has 1 aliphatic rings. The van der Waals surface area contributed by atoms with Crippen LogP contribution in [0.2, 0.25) is 0 Å². The molecule has 0 spiro atoms. The van der Waals surface area contributed by atoms with E-state index >= 15 is 0 Å². The number of nitrogens with zero attached hydrogens (tertiary/aromatic N) is 3. The fourth-order valence-corrected chi connectivity index (χ4v) is 3.71. The van der Waals surface area contributed by atoms with Gasteiger partial charge in [0.05, 0.1) is 24.4 Å². The first-order chi connectivity index (χ1) is 13.0. The summed E-state index contributed by atoms with van der Waals surface area (Å²) in [6.07, 6.45) is 2.38. The van der Waals surface area contributed by atoms with Gasteiger partial charge in [-0.1, -0.05) is 11.6 Å². The number of carbonyl (C=O) groups is 1. The highest BCUT2D eigenvalue weighted by molar-refractivity contribution is 6.00. The van der Waals surface area contributed by atoms with Crippen molar-refractivity contribution in [3.8, 4) is 0 Å². The largest absolute Gasteiger partial charge is 0.383 e. The molecule has 3 rings (SSSR count). The Labute approximate surface area is 161 Å². The number of carbonyl (C=O) groups excluding carboxylic acids is 1. The fourth-order valence-electron chi connectivity index (χ4n) is 3.71. The summed E-state index contributed by atoms with van der Waals surface area (Å²) < 4.78 is 7.09. The molecule has 1 fully saturated rings. The van der Waals surface area contributed by atoms with Crippen molar-refractivity contribution in [3.63, 3.8) is 0 Å². The van der Waals surface area contributed by atoms with Crippen molar-refractivity contribution in [2.75, 3.05) is 31.7 Å². The summed E-state index contributed by atoms with van der Waals surface area (Å²) >= 11 is 0. The summed E-state index contributed by atoms with van der Waals surface area (Å²) in [6, 6.07) is 6.15. The molecule has 0 saturated carbocycles. The maximum atomic E-state index is 13.0. The zero-order valence-electron chi connectivity index (χ0n) is 16.8. The number of nitrogens with one attached hydrogen (secondary N) is 1. The van der Waals surface area contributed by atoms with Crippen LogP contribution < -0.4 is 10.2 Å².